The fraction of sp³-hybridized carbons (Fsp3) is 0.375. The molecule has 0 saturated carbocycles. The Morgan fingerprint density at radius 1 is 1.56 bits per heavy atom. The highest BCUT2D eigenvalue weighted by atomic mass is 35.5. The second kappa shape index (κ2) is 6.10. The molecule has 0 radical (unpaired) electrons. The van der Waals surface area contributed by atoms with Crippen molar-refractivity contribution in [2.24, 2.45) is 0 Å². The summed E-state index contributed by atoms with van der Waals surface area (Å²) in [5.41, 5.74) is -4.69. The van der Waals surface area contributed by atoms with Gasteiger partial charge >= 0.3 is 11.2 Å². The van der Waals surface area contributed by atoms with Crippen LogP contribution >= 0.6 is 23.4 Å². The number of alkyl halides is 3. The second-order valence-corrected chi connectivity index (χ2v) is 4.60. The molecule has 0 fully saturated rings. The molecule has 0 aliphatic heterocycles. The zero-order valence-electron chi connectivity index (χ0n) is 8.70. The molecular formula is C8H7ClF3N3O2S. The number of halogens is 4. The van der Waals surface area contributed by atoms with Crippen LogP contribution in [0.5, 0.6) is 0 Å². The summed E-state index contributed by atoms with van der Waals surface area (Å²) in [5, 5.41) is 13.2. The summed E-state index contributed by atoms with van der Waals surface area (Å²) < 4.78 is 35.5. The molecule has 0 aliphatic carbocycles. The summed E-state index contributed by atoms with van der Waals surface area (Å²) in [6.07, 6.45) is 1.17. The van der Waals surface area contributed by atoms with Gasteiger partial charge in [-0.15, -0.1) is 0 Å². The van der Waals surface area contributed by atoms with Crippen molar-refractivity contribution in [3.05, 3.63) is 27.4 Å². The average molecular weight is 302 g/mol. The van der Waals surface area contributed by atoms with Gasteiger partial charge in [0.2, 0.25) is 5.82 Å². The van der Waals surface area contributed by atoms with Gasteiger partial charge in [-0.3, -0.25) is 10.1 Å². The van der Waals surface area contributed by atoms with Gasteiger partial charge in [-0.25, -0.2) is 4.98 Å². The Morgan fingerprint density at radius 3 is 2.78 bits per heavy atom. The number of rotatable bonds is 5. The number of thioether (sulfide) groups is 1. The largest absolute Gasteiger partial charge is 0.441 e. The van der Waals surface area contributed by atoms with Gasteiger partial charge in [0.25, 0.3) is 0 Å². The molecule has 0 spiro atoms. The molecule has 5 nitrogen and oxygen atoms in total. The van der Waals surface area contributed by atoms with Gasteiger partial charge in [0.05, 0.1) is 9.95 Å². The number of aromatic nitrogens is 1. The van der Waals surface area contributed by atoms with Crippen molar-refractivity contribution in [3.63, 3.8) is 0 Å². The van der Waals surface area contributed by atoms with Gasteiger partial charge in [-0.05, 0) is 11.8 Å². The lowest BCUT2D eigenvalue weighted by atomic mass is 10.4. The van der Waals surface area contributed by atoms with E-state index in [0.717, 1.165) is 6.07 Å². The van der Waals surface area contributed by atoms with E-state index in [1.807, 2.05) is 0 Å². The van der Waals surface area contributed by atoms with Crippen molar-refractivity contribution in [1.82, 2.24) is 4.98 Å². The first-order valence-electron chi connectivity index (χ1n) is 4.54. The summed E-state index contributed by atoms with van der Waals surface area (Å²) in [7, 11) is 0. The molecule has 0 unspecified atom stereocenters. The van der Waals surface area contributed by atoms with Gasteiger partial charge in [0.15, 0.2) is 0 Å². The van der Waals surface area contributed by atoms with Crippen LogP contribution in [0.25, 0.3) is 0 Å². The molecule has 1 heterocycles. The number of nitrogens with one attached hydrogen (secondary N) is 1. The number of hydrogen-bond acceptors (Lipinski definition) is 5. The molecule has 1 N–H and O–H groups in total. The third-order valence-electron chi connectivity index (χ3n) is 1.69. The predicted octanol–water partition coefficient (Wildman–Crippen LogP) is 3.31. The fourth-order valence-electron chi connectivity index (χ4n) is 1.04. The minimum Gasteiger partial charge on any atom is -0.364 e. The van der Waals surface area contributed by atoms with Crippen LogP contribution in [-0.4, -0.2) is 27.7 Å². The third-order valence-corrected chi connectivity index (χ3v) is 2.63. The van der Waals surface area contributed by atoms with Crippen LogP contribution in [0.15, 0.2) is 12.3 Å². The molecule has 1 aromatic rings. The van der Waals surface area contributed by atoms with Gasteiger partial charge in [-0.1, -0.05) is 11.6 Å². The molecule has 0 amide bonds. The van der Waals surface area contributed by atoms with E-state index in [1.165, 1.54) is 6.20 Å². The summed E-state index contributed by atoms with van der Waals surface area (Å²) in [6, 6.07) is 1.08. The Labute approximate surface area is 109 Å². The number of nitro groups is 1. The lowest BCUT2D eigenvalue weighted by molar-refractivity contribution is -0.384. The monoisotopic (exact) mass is 301 g/mol. The van der Waals surface area contributed by atoms with Crippen molar-refractivity contribution in [3.8, 4) is 0 Å². The Kier molecular flexibility index (Phi) is 5.03. The Morgan fingerprint density at radius 2 is 2.22 bits per heavy atom. The highest BCUT2D eigenvalue weighted by Gasteiger charge is 2.27. The first kappa shape index (κ1) is 14.8. The molecule has 18 heavy (non-hydrogen) atoms. The molecule has 0 aromatic carbocycles. The molecule has 0 bridgehead atoms. The molecule has 0 saturated heterocycles. The number of pyridine rings is 1. The number of nitrogens with zero attached hydrogens (tertiary/aromatic N) is 2. The van der Waals surface area contributed by atoms with Crippen molar-refractivity contribution in [1.29, 1.82) is 0 Å². The maximum atomic E-state index is 11.8. The molecule has 1 aromatic heterocycles. The number of anilines is 1. The maximum absolute atomic E-state index is 11.8. The van der Waals surface area contributed by atoms with Crippen molar-refractivity contribution in [2.75, 3.05) is 17.6 Å². The average Bonchev–Trinajstić information content (AvgIpc) is 2.24. The second-order valence-electron chi connectivity index (χ2n) is 3.00. The SMILES string of the molecule is O=[N+]([O-])c1cc(Cl)cnc1NCCSC(F)(F)F. The summed E-state index contributed by atoms with van der Waals surface area (Å²) in [5.74, 6) is -0.377. The molecule has 10 heteroatoms. The maximum Gasteiger partial charge on any atom is 0.441 e. The Bertz CT molecular complexity index is 444. The molecule has 0 atom stereocenters. The minimum absolute atomic E-state index is 0.0805. The van der Waals surface area contributed by atoms with Crippen LogP contribution in [0.3, 0.4) is 0 Å². The summed E-state index contributed by atoms with van der Waals surface area (Å²) in [6.45, 7) is -0.0976. The molecule has 100 valence electrons. The van der Waals surface area contributed by atoms with Crippen LogP contribution in [0.1, 0.15) is 0 Å². The van der Waals surface area contributed by atoms with Crippen LogP contribution in [0, 0.1) is 10.1 Å². The van der Waals surface area contributed by atoms with Gasteiger partial charge in [0, 0.05) is 24.6 Å². The first-order valence-corrected chi connectivity index (χ1v) is 5.90. The molecule has 1 rings (SSSR count). The van der Waals surface area contributed by atoms with E-state index in [1.54, 1.807) is 0 Å². The predicted molar refractivity (Wildman–Crippen MR) is 62.9 cm³/mol. The van der Waals surface area contributed by atoms with E-state index in [4.69, 9.17) is 11.6 Å². The zero-order chi connectivity index (χ0) is 13.8. The normalized spacial score (nSPS) is 11.3. The van der Waals surface area contributed by atoms with Crippen LogP contribution in [0.4, 0.5) is 24.7 Å². The van der Waals surface area contributed by atoms with E-state index in [2.05, 4.69) is 10.3 Å². The minimum atomic E-state index is -4.32. The van der Waals surface area contributed by atoms with E-state index in [-0.39, 0.29) is 40.6 Å². The lowest BCUT2D eigenvalue weighted by Gasteiger charge is -2.07. The quantitative estimate of drug-likeness (QED) is 0.513. The van der Waals surface area contributed by atoms with Crippen molar-refractivity contribution < 1.29 is 18.1 Å². The smallest absolute Gasteiger partial charge is 0.364 e. The highest BCUT2D eigenvalue weighted by molar-refractivity contribution is 8.00. The summed E-state index contributed by atoms with van der Waals surface area (Å²) in [4.78, 5) is 13.6. The van der Waals surface area contributed by atoms with E-state index in [9.17, 15) is 23.3 Å². The van der Waals surface area contributed by atoms with Crippen molar-refractivity contribution >= 4 is 34.9 Å². The van der Waals surface area contributed by atoms with Gasteiger partial charge in [-0.2, -0.15) is 13.2 Å². The van der Waals surface area contributed by atoms with Crippen LogP contribution < -0.4 is 5.32 Å². The van der Waals surface area contributed by atoms with Crippen molar-refractivity contribution in [2.45, 2.75) is 5.51 Å². The standard InChI is InChI=1S/C8H7ClF3N3O2S/c9-5-3-6(15(16)17)7(14-4-5)13-1-2-18-8(10,11)12/h3-4H,1-2H2,(H,13,14). The molecule has 0 aliphatic rings. The van der Waals surface area contributed by atoms with E-state index < -0.39 is 10.4 Å². The topological polar surface area (TPSA) is 68.1 Å². The first-order chi connectivity index (χ1) is 8.29. The van der Waals surface area contributed by atoms with E-state index in [0.29, 0.717) is 0 Å². The van der Waals surface area contributed by atoms with E-state index >= 15 is 0 Å². The summed E-state index contributed by atoms with van der Waals surface area (Å²) >= 11 is 5.32. The van der Waals surface area contributed by atoms with Gasteiger partial charge in [0.1, 0.15) is 0 Å². The van der Waals surface area contributed by atoms with Gasteiger partial charge < -0.3 is 5.32 Å². The Hall–Kier alpha value is -1.22. The van der Waals surface area contributed by atoms with Crippen LogP contribution in [0.2, 0.25) is 5.02 Å². The zero-order valence-corrected chi connectivity index (χ0v) is 10.3. The number of hydrogen-bond donors (Lipinski definition) is 1. The Balaban J connectivity index is 2.59. The highest BCUT2D eigenvalue weighted by Crippen LogP contribution is 2.30. The third kappa shape index (κ3) is 4.96. The lowest BCUT2D eigenvalue weighted by Crippen LogP contribution is -2.11. The fourth-order valence-corrected chi connectivity index (χ4v) is 1.63. The molecular weight excluding hydrogens is 295 g/mol. The van der Waals surface area contributed by atoms with Crippen LogP contribution in [-0.2, 0) is 0 Å².